The number of pyridine rings is 1. The van der Waals surface area contributed by atoms with E-state index in [0.29, 0.717) is 18.7 Å². The maximum Gasteiger partial charge on any atom is 0.255 e. The van der Waals surface area contributed by atoms with Gasteiger partial charge in [0.2, 0.25) is 0 Å². The predicted molar refractivity (Wildman–Crippen MR) is 71.7 cm³/mol. The molecule has 0 unspecified atom stereocenters. The molecule has 1 aromatic heterocycles. The van der Waals surface area contributed by atoms with Gasteiger partial charge in [0.25, 0.3) is 5.91 Å². The van der Waals surface area contributed by atoms with Crippen LogP contribution in [0.4, 0.5) is 0 Å². The smallest absolute Gasteiger partial charge is 0.255 e. The molecule has 1 saturated heterocycles. The van der Waals surface area contributed by atoms with Crippen LogP contribution in [0.3, 0.4) is 0 Å². The van der Waals surface area contributed by atoms with Crippen molar-refractivity contribution in [1.29, 1.82) is 0 Å². The van der Waals surface area contributed by atoms with Crippen molar-refractivity contribution in [3.63, 3.8) is 0 Å². The molecule has 2 rings (SSSR count). The molecule has 5 nitrogen and oxygen atoms in total. The van der Waals surface area contributed by atoms with Gasteiger partial charge >= 0.3 is 0 Å². The number of carboxylic acids is 1. The van der Waals surface area contributed by atoms with Crippen LogP contribution in [0.25, 0.3) is 0 Å². The first kappa shape index (κ1) is 14.5. The second kappa shape index (κ2) is 6.50. The minimum absolute atomic E-state index is 0.0246. The highest BCUT2D eigenvalue weighted by Gasteiger charge is 2.30. The van der Waals surface area contributed by atoms with Gasteiger partial charge in [-0.05, 0) is 36.8 Å². The molecular weight excluding hydrogens is 256 g/mol. The van der Waals surface area contributed by atoms with Crippen molar-refractivity contribution in [2.75, 3.05) is 13.1 Å². The summed E-state index contributed by atoms with van der Waals surface area (Å²) >= 11 is 0. The molecule has 0 aromatic carbocycles. The van der Waals surface area contributed by atoms with E-state index in [1.165, 1.54) is 0 Å². The van der Waals surface area contributed by atoms with E-state index in [9.17, 15) is 14.7 Å². The lowest BCUT2D eigenvalue weighted by Crippen LogP contribution is -2.45. The number of piperidine rings is 1. The number of hydrogen-bond donors (Lipinski definition) is 0. The van der Waals surface area contributed by atoms with E-state index in [0.717, 1.165) is 12.8 Å². The normalized spacial score (nSPS) is 22.6. The summed E-state index contributed by atoms with van der Waals surface area (Å²) in [5.41, 5.74) is 0.584. The van der Waals surface area contributed by atoms with E-state index in [-0.39, 0.29) is 24.2 Å². The molecule has 1 aliphatic rings. The largest absolute Gasteiger partial charge is 0.550 e. The minimum atomic E-state index is -1.000. The van der Waals surface area contributed by atoms with Gasteiger partial charge in [-0.2, -0.15) is 0 Å². The lowest BCUT2D eigenvalue weighted by Gasteiger charge is -2.38. The van der Waals surface area contributed by atoms with Crippen molar-refractivity contribution < 1.29 is 14.7 Å². The van der Waals surface area contributed by atoms with Gasteiger partial charge in [-0.3, -0.25) is 9.78 Å². The molecule has 1 fully saturated rings. The second-order valence-electron chi connectivity index (χ2n) is 5.29. The van der Waals surface area contributed by atoms with Crippen LogP contribution in [-0.2, 0) is 4.79 Å². The molecule has 5 heteroatoms. The summed E-state index contributed by atoms with van der Waals surface area (Å²) < 4.78 is 0. The number of carbonyl (C=O) groups is 2. The van der Waals surface area contributed by atoms with E-state index in [4.69, 9.17) is 0 Å². The molecule has 0 bridgehead atoms. The molecule has 0 spiro atoms. The summed E-state index contributed by atoms with van der Waals surface area (Å²) in [4.78, 5) is 28.9. The van der Waals surface area contributed by atoms with Gasteiger partial charge in [-0.25, -0.2) is 0 Å². The van der Waals surface area contributed by atoms with Crippen LogP contribution in [0.15, 0.2) is 24.5 Å². The Labute approximate surface area is 118 Å². The topological polar surface area (TPSA) is 73.3 Å². The van der Waals surface area contributed by atoms with E-state index in [1.54, 1.807) is 29.4 Å². The number of nitrogens with zero attached hydrogens (tertiary/aromatic N) is 2. The van der Waals surface area contributed by atoms with Crippen LogP contribution < -0.4 is 5.11 Å². The molecule has 0 saturated carbocycles. The van der Waals surface area contributed by atoms with Gasteiger partial charge in [0.05, 0.1) is 5.56 Å². The number of amides is 1. The van der Waals surface area contributed by atoms with E-state index in [1.807, 2.05) is 6.92 Å². The fourth-order valence-electron chi connectivity index (χ4n) is 2.88. The standard InChI is InChI=1S/C15H20N2O3/c1-2-11-10-17(7-5-12(11)8-14(18)19)15(20)13-4-3-6-16-9-13/h3-4,6,9,11-12H,2,5,7-8,10H2,1H3,(H,18,19)/p-1/t11-,12-/m0/s1. The zero-order valence-corrected chi connectivity index (χ0v) is 11.6. The third kappa shape index (κ3) is 3.35. The van der Waals surface area contributed by atoms with Crippen molar-refractivity contribution >= 4 is 11.9 Å². The monoisotopic (exact) mass is 275 g/mol. The van der Waals surface area contributed by atoms with Gasteiger partial charge < -0.3 is 14.8 Å². The lowest BCUT2D eigenvalue weighted by molar-refractivity contribution is -0.307. The van der Waals surface area contributed by atoms with E-state index in [2.05, 4.69) is 4.98 Å². The highest BCUT2D eigenvalue weighted by molar-refractivity contribution is 5.93. The Morgan fingerprint density at radius 3 is 2.85 bits per heavy atom. The van der Waals surface area contributed by atoms with Crippen LogP contribution in [0.2, 0.25) is 0 Å². The number of hydrogen-bond acceptors (Lipinski definition) is 4. The number of likely N-dealkylation sites (tertiary alicyclic amines) is 1. The summed E-state index contributed by atoms with van der Waals surface area (Å²) in [5.74, 6) is -0.686. The average Bonchev–Trinajstić information content (AvgIpc) is 2.47. The van der Waals surface area contributed by atoms with Gasteiger partial charge in [-0.1, -0.05) is 13.3 Å². The van der Waals surface area contributed by atoms with Crippen LogP contribution in [-0.4, -0.2) is 34.8 Å². The average molecular weight is 275 g/mol. The van der Waals surface area contributed by atoms with Gasteiger partial charge in [0.15, 0.2) is 0 Å². The Bertz CT molecular complexity index is 475. The Balaban J connectivity index is 2.03. The van der Waals surface area contributed by atoms with Crippen LogP contribution in [0, 0.1) is 11.8 Å². The summed E-state index contributed by atoms with van der Waals surface area (Å²) in [6.45, 7) is 3.25. The number of carbonyl (C=O) groups excluding carboxylic acids is 2. The molecule has 20 heavy (non-hydrogen) atoms. The first-order valence-corrected chi connectivity index (χ1v) is 7.01. The zero-order valence-electron chi connectivity index (χ0n) is 11.6. The number of aromatic nitrogens is 1. The number of carboxylic acid groups (broad SMARTS) is 1. The molecule has 1 amide bonds. The molecule has 2 heterocycles. The van der Waals surface area contributed by atoms with E-state index >= 15 is 0 Å². The maximum absolute atomic E-state index is 12.3. The number of rotatable bonds is 4. The highest BCUT2D eigenvalue weighted by atomic mass is 16.4. The van der Waals surface area contributed by atoms with Crippen LogP contribution >= 0.6 is 0 Å². The first-order valence-electron chi connectivity index (χ1n) is 7.01. The van der Waals surface area contributed by atoms with Gasteiger partial charge in [0, 0.05) is 31.5 Å². The molecule has 1 aliphatic heterocycles. The Kier molecular flexibility index (Phi) is 4.71. The van der Waals surface area contributed by atoms with Crippen molar-refractivity contribution in [1.82, 2.24) is 9.88 Å². The lowest BCUT2D eigenvalue weighted by atomic mass is 9.81. The Hall–Kier alpha value is -1.91. The second-order valence-corrected chi connectivity index (χ2v) is 5.29. The molecular formula is C15H19N2O3-. The molecule has 1 aromatic rings. The predicted octanol–water partition coefficient (Wildman–Crippen LogP) is 0.710. The van der Waals surface area contributed by atoms with Gasteiger partial charge in [-0.15, -0.1) is 0 Å². The minimum Gasteiger partial charge on any atom is -0.550 e. The van der Waals surface area contributed by atoms with Crippen molar-refractivity contribution in [3.8, 4) is 0 Å². The molecule has 0 aliphatic carbocycles. The van der Waals surface area contributed by atoms with Crippen molar-refractivity contribution in [3.05, 3.63) is 30.1 Å². The van der Waals surface area contributed by atoms with Crippen molar-refractivity contribution in [2.24, 2.45) is 11.8 Å². The van der Waals surface area contributed by atoms with Crippen LogP contribution in [0.5, 0.6) is 0 Å². The molecule has 2 atom stereocenters. The molecule has 0 radical (unpaired) electrons. The maximum atomic E-state index is 12.3. The quantitative estimate of drug-likeness (QED) is 0.811. The summed E-state index contributed by atoms with van der Waals surface area (Å²) in [6.07, 6.45) is 4.88. The number of aliphatic carboxylic acids is 1. The van der Waals surface area contributed by atoms with Crippen LogP contribution in [0.1, 0.15) is 36.5 Å². The van der Waals surface area contributed by atoms with E-state index < -0.39 is 5.97 Å². The summed E-state index contributed by atoms with van der Waals surface area (Å²) in [5, 5.41) is 10.8. The molecule has 108 valence electrons. The SMILES string of the molecule is CC[C@H]1CN(C(=O)c2cccnc2)CC[C@H]1CC(=O)[O-]. The fraction of sp³-hybridized carbons (Fsp3) is 0.533. The first-order chi connectivity index (χ1) is 9.61. The molecule has 0 N–H and O–H groups in total. The fourth-order valence-corrected chi connectivity index (χ4v) is 2.88. The Morgan fingerprint density at radius 2 is 2.25 bits per heavy atom. The highest BCUT2D eigenvalue weighted by Crippen LogP contribution is 2.29. The zero-order chi connectivity index (χ0) is 14.5. The van der Waals surface area contributed by atoms with Crippen molar-refractivity contribution in [2.45, 2.75) is 26.2 Å². The van der Waals surface area contributed by atoms with Gasteiger partial charge in [0.1, 0.15) is 0 Å². The Morgan fingerprint density at radius 1 is 1.45 bits per heavy atom. The summed E-state index contributed by atoms with van der Waals surface area (Å²) in [7, 11) is 0. The third-order valence-corrected chi connectivity index (χ3v) is 4.04. The summed E-state index contributed by atoms with van der Waals surface area (Å²) in [6, 6.07) is 3.50. The third-order valence-electron chi connectivity index (χ3n) is 4.04.